The van der Waals surface area contributed by atoms with Crippen molar-refractivity contribution >= 4 is 17.5 Å². The lowest BCUT2D eigenvalue weighted by Crippen LogP contribution is -3.27. The maximum Gasteiger partial charge on any atom is 0.265 e. The molecule has 1 aromatic rings. The van der Waals surface area contributed by atoms with Crippen molar-refractivity contribution < 1.29 is 24.1 Å². The first kappa shape index (κ1) is 17.7. The van der Waals surface area contributed by atoms with Gasteiger partial charge in [0.1, 0.15) is 38.5 Å². The van der Waals surface area contributed by atoms with E-state index in [2.05, 4.69) is 12.4 Å². The number of carbonyl (C=O) groups is 2. The number of ether oxygens (including phenoxy) is 1. The number of hydrogen-bond acceptors (Lipinski definition) is 3. The maximum atomic E-state index is 12.2. The van der Waals surface area contributed by atoms with Crippen molar-refractivity contribution in [3.63, 3.8) is 0 Å². The molecule has 3 rings (SSSR count). The van der Waals surface area contributed by atoms with Gasteiger partial charge in [-0.2, -0.15) is 0 Å². The molecule has 2 aliphatic rings. The molecule has 0 bridgehead atoms. The van der Waals surface area contributed by atoms with E-state index in [1.807, 2.05) is 18.2 Å². The zero-order valence-corrected chi connectivity index (χ0v) is 14.8. The summed E-state index contributed by atoms with van der Waals surface area (Å²) >= 11 is 0. The molecule has 0 aliphatic carbocycles. The van der Waals surface area contributed by atoms with E-state index < -0.39 is 0 Å². The van der Waals surface area contributed by atoms with Gasteiger partial charge in [-0.25, -0.2) is 0 Å². The molecule has 3 N–H and O–H groups in total. The van der Waals surface area contributed by atoms with Gasteiger partial charge in [0.25, 0.3) is 5.91 Å². The number of likely N-dealkylation sites (N-methyl/N-ethyl adjacent to an activating group) is 1. The Hall–Kier alpha value is -2.12. The Balaban J connectivity index is 1.41. The lowest BCUT2D eigenvalue weighted by Gasteiger charge is -2.29. The number of para-hydroxylation sites is 2. The Kier molecular flexibility index (Phi) is 5.88. The van der Waals surface area contributed by atoms with Crippen molar-refractivity contribution in [2.45, 2.75) is 6.42 Å². The van der Waals surface area contributed by atoms with E-state index in [4.69, 9.17) is 4.74 Å². The van der Waals surface area contributed by atoms with Crippen molar-refractivity contribution in [3.05, 3.63) is 24.3 Å². The van der Waals surface area contributed by atoms with Crippen LogP contribution in [0.2, 0.25) is 0 Å². The number of nitrogens with one attached hydrogen (secondary N) is 3. The minimum absolute atomic E-state index is 0.0148. The van der Waals surface area contributed by atoms with Gasteiger partial charge in [0.15, 0.2) is 6.61 Å². The number of carbonyl (C=O) groups excluding carboxylic acids is 2. The Bertz CT molecular complexity index is 614. The molecule has 0 atom stereocenters. The Morgan fingerprint density at radius 3 is 2.80 bits per heavy atom. The number of hydrogen-bond donors (Lipinski definition) is 3. The highest BCUT2D eigenvalue weighted by molar-refractivity contribution is 6.02. The molecule has 2 heterocycles. The van der Waals surface area contributed by atoms with Gasteiger partial charge in [0.05, 0.1) is 19.3 Å². The summed E-state index contributed by atoms with van der Waals surface area (Å²) in [7, 11) is 2.24. The lowest BCUT2D eigenvalue weighted by molar-refractivity contribution is -1.00. The summed E-state index contributed by atoms with van der Waals surface area (Å²) in [5.41, 5.74) is 0.665. The molecule has 1 fully saturated rings. The zero-order chi connectivity index (χ0) is 17.6. The first-order valence-electron chi connectivity index (χ1n) is 9.07. The normalized spacial score (nSPS) is 22.9. The van der Waals surface area contributed by atoms with E-state index in [-0.39, 0.29) is 25.0 Å². The van der Waals surface area contributed by atoms with Crippen LogP contribution < -0.4 is 24.8 Å². The Morgan fingerprint density at radius 2 is 2.00 bits per heavy atom. The summed E-state index contributed by atoms with van der Waals surface area (Å²) in [5.74, 6) is 0.344. The molecule has 7 nitrogen and oxygen atoms in total. The van der Waals surface area contributed by atoms with Crippen LogP contribution >= 0.6 is 0 Å². The molecule has 0 unspecified atom stereocenters. The van der Waals surface area contributed by atoms with Gasteiger partial charge in [-0.15, -0.1) is 0 Å². The van der Waals surface area contributed by atoms with Gasteiger partial charge in [-0.05, 0) is 12.1 Å². The molecule has 7 heteroatoms. The van der Waals surface area contributed by atoms with Gasteiger partial charge >= 0.3 is 0 Å². The van der Waals surface area contributed by atoms with Crippen molar-refractivity contribution in [1.82, 2.24) is 5.32 Å². The molecule has 0 radical (unpaired) electrons. The molecule has 2 aliphatic heterocycles. The second-order valence-electron chi connectivity index (χ2n) is 6.90. The molecule has 1 saturated heterocycles. The van der Waals surface area contributed by atoms with Crippen LogP contribution in [0.3, 0.4) is 0 Å². The van der Waals surface area contributed by atoms with Crippen molar-refractivity contribution in [2.24, 2.45) is 0 Å². The van der Waals surface area contributed by atoms with Gasteiger partial charge in [0, 0.05) is 13.0 Å². The third kappa shape index (κ3) is 4.70. The molecule has 0 saturated carbocycles. The quantitative estimate of drug-likeness (QED) is 0.492. The minimum atomic E-state index is -0.182. The molecule has 2 amide bonds. The highest BCUT2D eigenvalue weighted by atomic mass is 16.5. The SMILES string of the molecule is C[NH+]1CC[NH+](CCCNC(=O)CN2C(=O)COc3ccccc32)CC1. The number of benzene rings is 1. The number of quaternary nitrogens is 2. The van der Waals surface area contributed by atoms with Crippen LogP contribution in [0.4, 0.5) is 5.69 Å². The van der Waals surface area contributed by atoms with Crippen LogP contribution in [0, 0.1) is 0 Å². The van der Waals surface area contributed by atoms with Gasteiger partial charge < -0.3 is 19.9 Å². The topological polar surface area (TPSA) is 67.5 Å². The fraction of sp³-hybridized carbons (Fsp3) is 0.556. The fourth-order valence-electron chi connectivity index (χ4n) is 3.37. The molecular weight excluding hydrogens is 320 g/mol. The Morgan fingerprint density at radius 1 is 1.24 bits per heavy atom. The van der Waals surface area contributed by atoms with E-state index in [0.29, 0.717) is 18.0 Å². The van der Waals surface area contributed by atoms with E-state index >= 15 is 0 Å². The largest absolute Gasteiger partial charge is 0.482 e. The highest BCUT2D eigenvalue weighted by Crippen LogP contribution is 2.30. The number of rotatable bonds is 6. The molecular formula is C18H28N4O3+2. The van der Waals surface area contributed by atoms with Crippen LogP contribution in [-0.4, -0.2) is 71.3 Å². The first-order valence-corrected chi connectivity index (χ1v) is 9.07. The molecule has 0 aromatic heterocycles. The standard InChI is InChI=1S/C18H26N4O3/c1-20-9-11-21(12-10-20)8-4-7-19-17(23)13-22-15-5-2-3-6-16(15)25-14-18(22)24/h2-3,5-6H,4,7-14H2,1H3,(H,19,23)/p+2. The number of piperazine rings is 1. The van der Waals surface area contributed by atoms with Gasteiger partial charge in [-0.1, -0.05) is 12.1 Å². The summed E-state index contributed by atoms with van der Waals surface area (Å²) in [6.07, 6.45) is 0.966. The van der Waals surface area contributed by atoms with Crippen LogP contribution in [-0.2, 0) is 9.59 Å². The predicted molar refractivity (Wildman–Crippen MR) is 94.1 cm³/mol. The summed E-state index contributed by atoms with van der Waals surface area (Å²) in [4.78, 5) is 29.0. The Labute approximate surface area is 148 Å². The zero-order valence-electron chi connectivity index (χ0n) is 14.8. The van der Waals surface area contributed by atoms with Crippen molar-refractivity contribution in [1.29, 1.82) is 0 Å². The van der Waals surface area contributed by atoms with Crippen LogP contribution in [0.25, 0.3) is 0 Å². The van der Waals surface area contributed by atoms with Crippen LogP contribution in [0.5, 0.6) is 5.75 Å². The molecule has 136 valence electrons. The average Bonchev–Trinajstić information content (AvgIpc) is 2.63. The van der Waals surface area contributed by atoms with Gasteiger partial charge in [-0.3, -0.25) is 14.5 Å². The van der Waals surface area contributed by atoms with E-state index in [9.17, 15) is 9.59 Å². The highest BCUT2D eigenvalue weighted by Gasteiger charge is 2.26. The predicted octanol–water partition coefficient (Wildman–Crippen LogP) is -2.67. The van der Waals surface area contributed by atoms with Crippen molar-refractivity contribution in [3.8, 4) is 5.75 Å². The van der Waals surface area contributed by atoms with Crippen LogP contribution in [0.15, 0.2) is 24.3 Å². The van der Waals surface area contributed by atoms with E-state index in [0.717, 1.165) is 13.0 Å². The second-order valence-corrected chi connectivity index (χ2v) is 6.90. The number of amides is 2. The molecule has 0 spiro atoms. The summed E-state index contributed by atoms with van der Waals surface area (Å²) in [6, 6.07) is 7.31. The lowest BCUT2D eigenvalue weighted by atomic mass is 10.2. The first-order chi connectivity index (χ1) is 12.1. The summed E-state index contributed by atoms with van der Waals surface area (Å²) in [5, 5.41) is 2.94. The van der Waals surface area contributed by atoms with Gasteiger partial charge in [0.2, 0.25) is 5.91 Å². The van der Waals surface area contributed by atoms with Crippen LogP contribution in [0.1, 0.15) is 6.42 Å². The number of anilines is 1. The average molecular weight is 348 g/mol. The summed E-state index contributed by atoms with van der Waals surface area (Å²) in [6.45, 7) is 6.64. The smallest absolute Gasteiger partial charge is 0.265 e. The monoisotopic (exact) mass is 348 g/mol. The van der Waals surface area contributed by atoms with Crippen molar-refractivity contribution in [2.75, 3.05) is 64.4 Å². The van der Waals surface area contributed by atoms with E-state index in [1.54, 1.807) is 15.9 Å². The van der Waals surface area contributed by atoms with E-state index in [1.165, 1.54) is 31.1 Å². The number of nitrogens with zero attached hydrogens (tertiary/aromatic N) is 1. The third-order valence-corrected chi connectivity index (χ3v) is 4.95. The third-order valence-electron chi connectivity index (χ3n) is 4.95. The maximum absolute atomic E-state index is 12.2. The molecule has 1 aromatic carbocycles. The second kappa shape index (κ2) is 8.31. The minimum Gasteiger partial charge on any atom is -0.482 e. The number of fused-ring (bicyclic) bond motifs is 1. The summed E-state index contributed by atoms with van der Waals surface area (Å²) < 4.78 is 5.39. The fourth-order valence-corrected chi connectivity index (χ4v) is 3.37. The molecule has 25 heavy (non-hydrogen) atoms.